The van der Waals surface area contributed by atoms with Crippen LogP contribution in [0, 0.1) is 11.6 Å². The van der Waals surface area contributed by atoms with Gasteiger partial charge in [-0.25, -0.2) is 8.78 Å². The first-order chi connectivity index (χ1) is 8.56. The summed E-state index contributed by atoms with van der Waals surface area (Å²) in [6.45, 7) is 0. The third-order valence-corrected chi connectivity index (χ3v) is 3.77. The Bertz CT molecular complexity index is 557. The average Bonchev–Trinajstić information content (AvgIpc) is 2.32. The maximum Gasteiger partial charge on any atom is 0.142 e. The van der Waals surface area contributed by atoms with Gasteiger partial charge in [0.25, 0.3) is 0 Å². The molecule has 0 radical (unpaired) electrons. The maximum absolute atomic E-state index is 13.3. The number of hydrogen-bond acceptors (Lipinski definition) is 0. The van der Waals surface area contributed by atoms with Gasteiger partial charge in [0, 0.05) is 4.83 Å². The lowest BCUT2D eigenvalue weighted by Crippen LogP contribution is -1.96. The molecule has 0 saturated carbocycles. The molecule has 94 valence electrons. The Morgan fingerprint density at radius 2 is 1.89 bits per heavy atom. The highest BCUT2D eigenvalue weighted by molar-refractivity contribution is 9.09. The monoisotopic (exact) mass is 330 g/mol. The minimum atomic E-state index is -0.446. The van der Waals surface area contributed by atoms with Crippen molar-refractivity contribution >= 4 is 27.5 Å². The van der Waals surface area contributed by atoms with Crippen molar-refractivity contribution in [1.82, 2.24) is 0 Å². The quantitative estimate of drug-likeness (QED) is 0.670. The average molecular weight is 332 g/mol. The standard InChI is InChI=1S/C14H10BrClF2/c15-12(7-9-2-1-3-11(17)6-9)10-4-5-13(16)14(18)8-10/h1-6,8,12H,7H2. The largest absolute Gasteiger partial charge is 0.207 e. The summed E-state index contributed by atoms with van der Waals surface area (Å²) in [6, 6.07) is 11.0. The van der Waals surface area contributed by atoms with Gasteiger partial charge in [-0.05, 0) is 41.8 Å². The van der Waals surface area contributed by atoms with Crippen LogP contribution in [0.4, 0.5) is 8.78 Å². The van der Waals surface area contributed by atoms with Crippen molar-refractivity contribution in [2.24, 2.45) is 0 Å². The number of benzene rings is 2. The van der Waals surface area contributed by atoms with Crippen LogP contribution < -0.4 is 0 Å². The van der Waals surface area contributed by atoms with E-state index in [1.54, 1.807) is 12.1 Å². The van der Waals surface area contributed by atoms with E-state index in [0.29, 0.717) is 6.42 Å². The van der Waals surface area contributed by atoms with Gasteiger partial charge in [-0.3, -0.25) is 0 Å². The van der Waals surface area contributed by atoms with Crippen LogP contribution in [0.15, 0.2) is 42.5 Å². The van der Waals surface area contributed by atoms with Crippen LogP contribution in [0.3, 0.4) is 0 Å². The Balaban J connectivity index is 2.16. The van der Waals surface area contributed by atoms with Crippen molar-refractivity contribution < 1.29 is 8.78 Å². The smallest absolute Gasteiger partial charge is 0.142 e. The highest BCUT2D eigenvalue weighted by Gasteiger charge is 2.11. The Labute approximate surface area is 118 Å². The molecule has 0 aliphatic carbocycles. The number of alkyl halides is 1. The Morgan fingerprint density at radius 3 is 2.56 bits per heavy atom. The fourth-order valence-corrected chi connectivity index (χ4v) is 2.47. The molecule has 0 spiro atoms. The predicted octanol–water partition coefficient (Wildman–Crippen LogP) is 5.30. The van der Waals surface area contributed by atoms with Gasteiger partial charge in [0.2, 0.25) is 0 Å². The minimum Gasteiger partial charge on any atom is -0.207 e. The molecule has 0 amide bonds. The molecular formula is C14H10BrClF2. The summed E-state index contributed by atoms with van der Waals surface area (Å²) >= 11 is 9.10. The highest BCUT2D eigenvalue weighted by Crippen LogP contribution is 2.29. The predicted molar refractivity (Wildman–Crippen MR) is 73.2 cm³/mol. The molecule has 0 N–H and O–H groups in total. The van der Waals surface area contributed by atoms with Gasteiger partial charge in [-0.2, -0.15) is 0 Å². The zero-order valence-electron chi connectivity index (χ0n) is 9.34. The van der Waals surface area contributed by atoms with E-state index in [0.717, 1.165) is 11.1 Å². The Morgan fingerprint density at radius 1 is 1.11 bits per heavy atom. The lowest BCUT2D eigenvalue weighted by Gasteiger charge is -2.11. The van der Waals surface area contributed by atoms with E-state index in [9.17, 15) is 8.78 Å². The maximum atomic E-state index is 13.3. The van der Waals surface area contributed by atoms with Crippen LogP contribution in [-0.4, -0.2) is 0 Å². The summed E-state index contributed by atoms with van der Waals surface area (Å²) in [5, 5.41) is 0.101. The lowest BCUT2D eigenvalue weighted by molar-refractivity contribution is 0.622. The minimum absolute atomic E-state index is 0.0777. The van der Waals surface area contributed by atoms with Crippen molar-refractivity contribution in [1.29, 1.82) is 0 Å². The Hall–Kier alpha value is -0.930. The van der Waals surface area contributed by atoms with Gasteiger partial charge >= 0.3 is 0 Å². The third-order valence-electron chi connectivity index (χ3n) is 2.61. The van der Waals surface area contributed by atoms with Crippen LogP contribution in [0.25, 0.3) is 0 Å². The van der Waals surface area contributed by atoms with E-state index in [1.165, 1.54) is 24.3 Å². The molecule has 0 bridgehead atoms. The first kappa shape index (κ1) is 13.5. The Kier molecular flexibility index (Phi) is 4.36. The molecular weight excluding hydrogens is 322 g/mol. The van der Waals surface area contributed by atoms with E-state index >= 15 is 0 Å². The number of rotatable bonds is 3. The molecule has 4 heteroatoms. The topological polar surface area (TPSA) is 0 Å². The van der Waals surface area contributed by atoms with Crippen LogP contribution in [0.5, 0.6) is 0 Å². The second-order valence-electron chi connectivity index (χ2n) is 3.98. The molecule has 0 fully saturated rings. The van der Waals surface area contributed by atoms with Crippen LogP contribution in [0.2, 0.25) is 5.02 Å². The number of halogens is 4. The van der Waals surface area contributed by atoms with Crippen molar-refractivity contribution in [2.75, 3.05) is 0 Å². The van der Waals surface area contributed by atoms with E-state index in [4.69, 9.17) is 11.6 Å². The van der Waals surface area contributed by atoms with Crippen molar-refractivity contribution in [3.8, 4) is 0 Å². The van der Waals surface area contributed by atoms with E-state index in [1.807, 2.05) is 6.07 Å². The summed E-state index contributed by atoms with van der Waals surface area (Å²) in [5.41, 5.74) is 1.63. The van der Waals surface area contributed by atoms with Crippen LogP contribution in [0.1, 0.15) is 16.0 Å². The van der Waals surface area contributed by atoms with Crippen molar-refractivity contribution in [3.63, 3.8) is 0 Å². The molecule has 0 nitrogen and oxygen atoms in total. The fourth-order valence-electron chi connectivity index (χ4n) is 1.70. The third kappa shape index (κ3) is 3.30. The molecule has 2 aromatic carbocycles. The normalized spacial score (nSPS) is 12.4. The zero-order valence-corrected chi connectivity index (χ0v) is 11.7. The van der Waals surface area contributed by atoms with Gasteiger partial charge in [0.05, 0.1) is 5.02 Å². The molecule has 1 unspecified atom stereocenters. The molecule has 0 heterocycles. The molecule has 2 aromatic rings. The van der Waals surface area contributed by atoms with Gasteiger partial charge in [0.15, 0.2) is 0 Å². The molecule has 0 aromatic heterocycles. The first-order valence-electron chi connectivity index (χ1n) is 5.40. The molecule has 1 atom stereocenters. The number of hydrogen-bond donors (Lipinski definition) is 0. The van der Waals surface area contributed by atoms with Crippen LogP contribution in [-0.2, 0) is 6.42 Å². The second-order valence-corrected chi connectivity index (χ2v) is 5.49. The summed E-state index contributed by atoms with van der Waals surface area (Å²) in [6.07, 6.45) is 0.582. The SMILES string of the molecule is Fc1cccc(CC(Br)c2ccc(Cl)c(F)c2)c1. The molecule has 0 saturated heterocycles. The molecule has 18 heavy (non-hydrogen) atoms. The van der Waals surface area contributed by atoms with Gasteiger partial charge in [-0.1, -0.05) is 45.7 Å². The summed E-state index contributed by atoms with van der Waals surface area (Å²) < 4.78 is 26.4. The summed E-state index contributed by atoms with van der Waals surface area (Å²) in [4.78, 5) is -0.0777. The van der Waals surface area contributed by atoms with E-state index in [2.05, 4.69) is 15.9 Å². The summed E-state index contributed by atoms with van der Waals surface area (Å²) in [5.74, 6) is -0.715. The summed E-state index contributed by atoms with van der Waals surface area (Å²) in [7, 11) is 0. The van der Waals surface area contributed by atoms with Crippen molar-refractivity contribution in [3.05, 3.63) is 70.2 Å². The molecule has 0 aliphatic rings. The zero-order chi connectivity index (χ0) is 13.1. The molecule has 2 rings (SSSR count). The van der Waals surface area contributed by atoms with Gasteiger partial charge in [0.1, 0.15) is 11.6 Å². The van der Waals surface area contributed by atoms with E-state index in [-0.39, 0.29) is 15.7 Å². The van der Waals surface area contributed by atoms with Gasteiger partial charge in [-0.15, -0.1) is 0 Å². The lowest BCUT2D eigenvalue weighted by atomic mass is 10.0. The second kappa shape index (κ2) is 5.81. The van der Waals surface area contributed by atoms with E-state index < -0.39 is 5.82 Å². The highest BCUT2D eigenvalue weighted by atomic mass is 79.9. The molecule has 0 aliphatic heterocycles. The van der Waals surface area contributed by atoms with Gasteiger partial charge < -0.3 is 0 Å². The van der Waals surface area contributed by atoms with Crippen LogP contribution >= 0.6 is 27.5 Å². The van der Waals surface area contributed by atoms with Crippen molar-refractivity contribution in [2.45, 2.75) is 11.2 Å². The first-order valence-corrected chi connectivity index (χ1v) is 6.69. The fraction of sp³-hybridized carbons (Fsp3) is 0.143.